The fraction of sp³-hybridized carbons (Fsp3) is 0.538. The SMILES string of the molecule is CCO[C@@H]1OC(=O)C[C@@H]1NC(=O)[C@@H]1CCCN1C[C@H](Cc1cscn1)NC(=O)c1cccc(OC)c1C. The van der Waals surface area contributed by atoms with Crippen LogP contribution in [-0.4, -0.2) is 78.9 Å². The Kier molecular flexibility index (Phi) is 9.12. The Morgan fingerprint density at radius 2 is 2.19 bits per heavy atom. The molecular formula is C26H34N4O6S. The fourth-order valence-corrected chi connectivity index (χ4v) is 5.54. The second-order valence-electron chi connectivity index (χ2n) is 9.27. The normalized spacial score (nSPS) is 22.5. The van der Waals surface area contributed by atoms with Gasteiger partial charge >= 0.3 is 5.97 Å². The first-order valence-corrected chi connectivity index (χ1v) is 13.5. The molecule has 2 aromatic rings. The van der Waals surface area contributed by atoms with Crippen molar-refractivity contribution >= 4 is 29.1 Å². The number of nitrogens with one attached hydrogen (secondary N) is 2. The first-order chi connectivity index (χ1) is 17.9. The van der Waals surface area contributed by atoms with E-state index in [1.807, 2.05) is 25.3 Å². The molecule has 0 spiro atoms. The van der Waals surface area contributed by atoms with Gasteiger partial charge in [-0.25, -0.2) is 4.98 Å². The van der Waals surface area contributed by atoms with Crippen LogP contribution < -0.4 is 15.4 Å². The Balaban J connectivity index is 1.45. The summed E-state index contributed by atoms with van der Waals surface area (Å²) in [5.74, 6) is -0.0866. The number of ether oxygens (including phenoxy) is 3. The summed E-state index contributed by atoms with van der Waals surface area (Å²) < 4.78 is 16.0. The fourth-order valence-electron chi connectivity index (χ4n) is 4.97. The summed E-state index contributed by atoms with van der Waals surface area (Å²) >= 11 is 1.51. The number of cyclic esters (lactones) is 1. The molecule has 0 radical (unpaired) electrons. The van der Waals surface area contributed by atoms with E-state index >= 15 is 0 Å². The van der Waals surface area contributed by atoms with Crippen molar-refractivity contribution in [3.8, 4) is 5.75 Å². The Morgan fingerprint density at radius 3 is 2.92 bits per heavy atom. The van der Waals surface area contributed by atoms with Gasteiger partial charge in [0.2, 0.25) is 12.2 Å². The highest BCUT2D eigenvalue weighted by molar-refractivity contribution is 7.07. The molecule has 3 heterocycles. The van der Waals surface area contributed by atoms with Gasteiger partial charge in [0, 0.05) is 42.1 Å². The summed E-state index contributed by atoms with van der Waals surface area (Å²) in [5, 5.41) is 8.09. The molecule has 1 aromatic carbocycles. The molecular weight excluding hydrogens is 496 g/mol. The minimum Gasteiger partial charge on any atom is -0.496 e. The number of hydrogen-bond donors (Lipinski definition) is 2. The highest BCUT2D eigenvalue weighted by Gasteiger charge is 2.40. The topological polar surface area (TPSA) is 119 Å². The van der Waals surface area contributed by atoms with Gasteiger partial charge in [0.1, 0.15) is 11.8 Å². The lowest BCUT2D eigenvalue weighted by atomic mass is 10.1. The molecule has 2 N–H and O–H groups in total. The molecule has 2 saturated heterocycles. The lowest BCUT2D eigenvalue weighted by Gasteiger charge is -2.30. The second-order valence-corrected chi connectivity index (χ2v) is 9.99. The molecule has 0 aliphatic carbocycles. The van der Waals surface area contributed by atoms with Crippen LogP contribution in [0.1, 0.15) is 47.8 Å². The first-order valence-electron chi connectivity index (χ1n) is 12.6. The number of esters is 1. The molecule has 37 heavy (non-hydrogen) atoms. The summed E-state index contributed by atoms with van der Waals surface area (Å²) in [5.41, 5.74) is 3.97. The van der Waals surface area contributed by atoms with Gasteiger partial charge in [0.25, 0.3) is 5.91 Å². The molecule has 1 aromatic heterocycles. The lowest BCUT2D eigenvalue weighted by molar-refractivity contribution is -0.164. The van der Waals surface area contributed by atoms with Crippen molar-refractivity contribution in [2.24, 2.45) is 0 Å². The van der Waals surface area contributed by atoms with Crippen molar-refractivity contribution in [1.82, 2.24) is 20.5 Å². The maximum absolute atomic E-state index is 13.3. The largest absolute Gasteiger partial charge is 0.496 e. The van der Waals surface area contributed by atoms with E-state index in [0.717, 1.165) is 24.2 Å². The molecule has 10 nitrogen and oxygen atoms in total. The van der Waals surface area contributed by atoms with E-state index in [0.29, 0.717) is 37.3 Å². The van der Waals surface area contributed by atoms with Gasteiger partial charge in [-0.15, -0.1) is 11.3 Å². The van der Waals surface area contributed by atoms with Crippen LogP contribution in [0.2, 0.25) is 0 Å². The van der Waals surface area contributed by atoms with Gasteiger partial charge in [-0.1, -0.05) is 6.07 Å². The number of methoxy groups -OCH3 is 1. The summed E-state index contributed by atoms with van der Waals surface area (Å²) in [6, 6.07) is 4.26. The van der Waals surface area contributed by atoms with Crippen LogP contribution in [0.25, 0.3) is 0 Å². The summed E-state index contributed by atoms with van der Waals surface area (Å²) in [6.45, 7) is 5.27. The number of amides is 2. The van der Waals surface area contributed by atoms with Crippen molar-refractivity contribution < 1.29 is 28.6 Å². The van der Waals surface area contributed by atoms with Crippen LogP contribution in [0.3, 0.4) is 0 Å². The molecule has 4 atom stereocenters. The number of rotatable bonds is 11. The number of benzene rings is 1. The zero-order valence-corrected chi connectivity index (χ0v) is 22.2. The molecule has 0 bridgehead atoms. The third kappa shape index (κ3) is 6.65. The number of nitrogens with zero attached hydrogens (tertiary/aromatic N) is 2. The van der Waals surface area contributed by atoms with Gasteiger partial charge in [-0.3, -0.25) is 19.3 Å². The Hall–Kier alpha value is -3.02. The van der Waals surface area contributed by atoms with E-state index < -0.39 is 12.3 Å². The van der Waals surface area contributed by atoms with Crippen LogP contribution in [0.4, 0.5) is 0 Å². The summed E-state index contributed by atoms with van der Waals surface area (Å²) in [4.78, 5) is 44.8. The van der Waals surface area contributed by atoms with Crippen molar-refractivity contribution in [2.45, 2.75) is 63.9 Å². The minimum atomic E-state index is -0.765. The first kappa shape index (κ1) is 27.0. The monoisotopic (exact) mass is 530 g/mol. The molecule has 2 fully saturated rings. The molecule has 11 heteroatoms. The van der Waals surface area contributed by atoms with Crippen molar-refractivity contribution in [2.75, 3.05) is 26.8 Å². The maximum atomic E-state index is 13.3. The van der Waals surface area contributed by atoms with E-state index in [-0.39, 0.29) is 36.3 Å². The minimum absolute atomic E-state index is 0.0888. The van der Waals surface area contributed by atoms with Crippen LogP contribution in [-0.2, 0) is 25.5 Å². The number of hydrogen-bond acceptors (Lipinski definition) is 9. The summed E-state index contributed by atoms with van der Waals surface area (Å²) in [7, 11) is 1.58. The zero-order chi connectivity index (χ0) is 26.4. The van der Waals surface area contributed by atoms with Crippen molar-refractivity contribution in [3.63, 3.8) is 0 Å². The van der Waals surface area contributed by atoms with E-state index in [9.17, 15) is 14.4 Å². The summed E-state index contributed by atoms with van der Waals surface area (Å²) in [6.07, 6.45) is 1.42. The third-order valence-corrected chi connectivity index (χ3v) is 7.40. The predicted octanol–water partition coefficient (Wildman–Crippen LogP) is 2.06. The van der Waals surface area contributed by atoms with Crippen molar-refractivity contribution in [3.05, 3.63) is 45.9 Å². The number of thiazole rings is 1. The number of likely N-dealkylation sites (tertiary alicyclic amines) is 1. The standard InChI is InChI=1S/C26H34N4O6S/c1-4-35-26-20(12-23(31)36-26)29-25(33)21-8-6-10-30(21)13-17(11-18-14-37-15-27-18)28-24(32)19-7-5-9-22(34-3)16(19)2/h5,7,9,14-15,17,20-21,26H,4,6,8,10-13H2,1-3H3,(H,28,32)(H,29,33)/t17-,20-,21-,26+/m0/s1. The Morgan fingerprint density at radius 1 is 1.35 bits per heavy atom. The maximum Gasteiger partial charge on any atom is 0.310 e. The van der Waals surface area contributed by atoms with Gasteiger partial charge in [0.15, 0.2) is 0 Å². The Labute approximate surface area is 220 Å². The number of carbonyl (C=O) groups is 3. The average Bonchev–Trinajstić information content (AvgIpc) is 3.62. The average molecular weight is 531 g/mol. The highest BCUT2D eigenvalue weighted by atomic mass is 32.1. The smallest absolute Gasteiger partial charge is 0.310 e. The number of aromatic nitrogens is 1. The van der Waals surface area contributed by atoms with E-state index in [1.165, 1.54) is 11.3 Å². The molecule has 0 saturated carbocycles. The van der Waals surface area contributed by atoms with Gasteiger partial charge < -0.3 is 24.8 Å². The van der Waals surface area contributed by atoms with E-state index in [4.69, 9.17) is 14.2 Å². The van der Waals surface area contributed by atoms with Crippen LogP contribution in [0, 0.1) is 6.92 Å². The lowest BCUT2D eigenvalue weighted by Crippen LogP contribution is -2.53. The van der Waals surface area contributed by atoms with Crippen molar-refractivity contribution in [1.29, 1.82) is 0 Å². The molecule has 2 amide bonds. The van der Waals surface area contributed by atoms with Gasteiger partial charge in [-0.2, -0.15) is 0 Å². The van der Waals surface area contributed by atoms with Gasteiger partial charge in [-0.05, 0) is 45.4 Å². The van der Waals surface area contributed by atoms with Crippen LogP contribution in [0.5, 0.6) is 5.75 Å². The number of carbonyl (C=O) groups excluding carboxylic acids is 3. The van der Waals surface area contributed by atoms with Crippen LogP contribution in [0.15, 0.2) is 29.1 Å². The predicted molar refractivity (Wildman–Crippen MR) is 137 cm³/mol. The van der Waals surface area contributed by atoms with E-state index in [2.05, 4.69) is 20.5 Å². The molecule has 0 unspecified atom stereocenters. The van der Waals surface area contributed by atoms with Gasteiger partial charge in [0.05, 0.1) is 30.8 Å². The highest BCUT2D eigenvalue weighted by Crippen LogP contribution is 2.23. The molecule has 200 valence electrons. The van der Waals surface area contributed by atoms with E-state index in [1.54, 1.807) is 24.8 Å². The van der Waals surface area contributed by atoms with Crippen LogP contribution >= 0.6 is 11.3 Å². The molecule has 2 aliphatic heterocycles. The molecule has 4 rings (SSSR count). The second kappa shape index (κ2) is 12.5. The quantitative estimate of drug-likeness (QED) is 0.424. The Bertz CT molecular complexity index is 1090. The third-order valence-electron chi connectivity index (χ3n) is 6.77. The zero-order valence-electron chi connectivity index (χ0n) is 21.4. The molecule has 2 aliphatic rings.